The predicted octanol–water partition coefficient (Wildman–Crippen LogP) is 3.25. The third-order valence-electron chi connectivity index (χ3n) is 3.21. The Labute approximate surface area is 135 Å². The lowest BCUT2D eigenvalue weighted by atomic mass is 10.1. The number of hydrogen-bond donors (Lipinski definition) is 0. The Bertz CT molecular complexity index is 689. The van der Waals surface area contributed by atoms with Crippen molar-refractivity contribution in [2.45, 2.75) is 36.3 Å². The second-order valence-corrected chi connectivity index (χ2v) is 6.49. The highest BCUT2D eigenvalue weighted by atomic mass is 35.5. The van der Waals surface area contributed by atoms with Crippen LogP contribution in [0.15, 0.2) is 27.8 Å². The van der Waals surface area contributed by atoms with Gasteiger partial charge in [-0.05, 0) is 30.8 Å². The summed E-state index contributed by atoms with van der Waals surface area (Å²) in [5.41, 5.74) is 0.304. The summed E-state index contributed by atoms with van der Waals surface area (Å²) in [5, 5.41) is 7.95. The fourth-order valence-electron chi connectivity index (χ4n) is 2.15. The highest BCUT2D eigenvalue weighted by Crippen LogP contribution is 2.32. The molecule has 5 nitrogen and oxygen atoms in total. The first-order chi connectivity index (χ1) is 10.5. The molecular weight excluding hydrogens is 331 g/mol. The summed E-state index contributed by atoms with van der Waals surface area (Å²) in [4.78, 5) is 11.6. The number of halogens is 2. The predicted molar refractivity (Wildman–Crippen MR) is 78.3 cm³/mol. The Morgan fingerprint density at radius 3 is 2.95 bits per heavy atom. The number of carbonyl (C=O) groups excluding carboxylic acids is 1. The van der Waals surface area contributed by atoms with E-state index in [9.17, 15) is 9.18 Å². The number of rotatable bonds is 4. The number of cyclic esters (lactones) is 1. The molecule has 0 spiro atoms. The fourth-order valence-corrected chi connectivity index (χ4v) is 3.37. The molecule has 3 rings (SSSR count). The minimum atomic E-state index is -0.423. The Kier molecular flexibility index (Phi) is 4.35. The molecular formula is C14H12ClFN2O3S. The lowest BCUT2D eigenvalue weighted by Crippen LogP contribution is -2.09. The van der Waals surface area contributed by atoms with Crippen molar-refractivity contribution in [3.8, 4) is 0 Å². The minimum absolute atomic E-state index is 0.102. The topological polar surface area (TPSA) is 65.2 Å². The molecule has 2 aromatic rings. The van der Waals surface area contributed by atoms with E-state index >= 15 is 0 Å². The highest BCUT2D eigenvalue weighted by molar-refractivity contribution is 8.00. The molecule has 2 heterocycles. The van der Waals surface area contributed by atoms with E-state index in [1.54, 1.807) is 6.07 Å². The lowest BCUT2D eigenvalue weighted by Gasteiger charge is -2.02. The van der Waals surface area contributed by atoms with Crippen molar-refractivity contribution in [2.75, 3.05) is 0 Å². The number of hydrogen-bond acceptors (Lipinski definition) is 6. The number of ether oxygens (including phenoxy) is 1. The fraction of sp³-hybridized carbons (Fsp3) is 0.357. The lowest BCUT2D eigenvalue weighted by molar-refractivity contribution is -0.140. The van der Waals surface area contributed by atoms with Crippen LogP contribution < -0.4 is 0 Å². The van der Waals surface area contributed by atoms with Crippen LogP contribution in [0.3, 0.4) is 0 Å². The van der Waals surface area contributed by atoms with E-state index in [-0.39, 0.29) is 34.9 Å². The molecule has 0 amide bonds. The van der Waals surface area contributed by atoms with Crippen molar-refractivity contribution in [1.82, 2.24) is 10.2 Å². The summed E-state index contributed by atoms with van der Waals surface area (Å²) in [6.45, 7) is 1.83. The van der Waals surface area contributed by atoms with Gasteiger partial charge in [-0.1, -0.05) is 17.7 Å². The first kappa shape index (κ1) is 15.3. The molecule has 0 saturated carbocycles. The number of carbonyl (C=O) groups is 1. The van der Waals surface area contributed by atoms with E-state index in [0.29, 0.717) is 17.0 Å². The molecule has 1 saturated heterocycles. The molecule has 116 valence electrons. The Morgan fingerprint density at radius 1 is 1.45 bits per heavy atom. The Morgan fingerprint density at radius 2 is 2.27 bits per heavy atom. The standard InChI is InChI=1S/C14H12ClFN2O3S/c1-7-5-11(13(19)20-7)22-14-18-17-12(21-14)6-8-9(15)3-2-4-10(8)16/h2-4,7,11H,5-6H2,1H3/t7-,11+/m1/s1. The molecule has 0 radical (unpaired) electrons. The third kappa shape index (κ3) is 3.25. The van der Waals surface area contributed by atoms with Crippen LogP contribution in [0, 0.1) is 5.82 Å². The molecule has 22 heavy (non-hydrogen) atoms. The van der Waals surface area contributed by atoms with E-state index in [2.05, 4.69) is 10.2 Å². The number of aromatic nitrogens is 2. The summed E-state index contributed by atoms with van der Waals surface area (Å²) >= 11 is 7.12. The highest BCUT2D eigenvalue weighted by Gasteiger charge is 2.34. The molecule has 0 aliphatic carbocycles. The summed E-state index contributed by atoms with van der Waals surface area (Å²) in [7, 11) is 0. The van der Waals surface area contributed by atoms with Crippen LogP contribution in [0.25, 0.3) is 0 Å². The van der Waals surface area contributed by atoms with Crippen molar-refractivity contribution in [1.29, 1.82) is 0 Å². The second kappa shape index (κ2) is 6.26. The maximum absolute atomic E-state index is 13.7. The van der Waals surface area contributed by atoms with Crippen molar-refractivity contribution < 1.29 is 18.3 Å². The molecule has 1 aromatic carbocycles. The van der Waals surface area contributed by atoms with Crippen LogP contribution in [0.2, 0.25) is 5.02 Å². The summed E-state index contributed by atoms with van der Waals surface area (Å²) in [6.07, 6.45) is 0.593. The number of benzene rings is 1. The quantitative estimate of drug-likeness (QED) is 0.795. The molecule has 1 aromatic heterocycles. The third-order valence-corrected chi connectivity index (χ3v) is 4.60. The Hall–Kier alpha value is -1.60. The summed E-state index contributed by atoms with van der Waals surface area (Å²) in [5.74, 6) is -0.462. The zero-order valence-corrected chi connectivity index (χ0v) is 13.2. The van der Waals surface area contributed by atoms with Gasteiger partial charge in [0.25, 0.3) is 5.22 Å². The molecule has 2 atom stereocenters. The van der Waals surface area contributed by atoms with Crippen LogP contribution >= 0.6 is 23.4 Å². The molecule has 0 N–H and O–H groups in total. The zero-order valence-electron chi connectivity index (χ0n) is 11.6. The van der Waals surface area contributed by atoms with Crippen molar-refractivity contribution in [2.24, 2.45) is 0 Å². The minimum Gasteiger partial charge on any atom is -0.462 e. The van der Waals surface area contributed by atoms with Crippen molar-refractivity contribution >= 4 is 29.3 Å². The smallest absolute Gasteiger partial charge is 0.320 e. The molecule has 0 bridgehead atoms. The molecule has 0 unspecified atom stereocenters. The van der Waals surface area contributed by atoms with Gasteiger partial charge in [-0.15, -0.1) is 10.2 Å². The van der Waals surface area contributed by atoms with Gasteiger partial charge in [0, 0.05) is 17.0 Å². The summed E-state index contributed by atoms with van der Waals surface area (Å²) in [6, 6.07) is 4.45. The van der Waals surface area contributed by atoms with E-state index < -0.39 is 5.82 Å². The van der Waals surface area contributed by atoms with E-state index in [4.69, 9.17) is 20.8 Å². The van der Waals surface area contributed by atoms with Crippen LogP contribution in [-0.4, -0.2) is 27.5 Å². The second-order valence-electron chi connectivity index (χ2n) is 4.93. The van der Waals surface area contributed by atoms with Gasteiger partial charge in [0.2, 0.25) is 5.89 Å². The maximum Gasteiger partial charge on any atom is 0.320 e. The molecule has 8 heteroatoms. The van der Waals surface area contributed by atoms with Gasteiger partial charge in [0.1, 0.15) is 17.2 Å². The van der Waals surface area contributed by atoms with Gasteiger partial charge >= 0.3 is 5.97 Å². The molecule has 1 aliphatic rings. The van der Waals surface area contributed by atoms with Gasteiger partial charge < -0.3 is 9.15 Å². The summed E-state index contributed by atoms with van der Waals surface area (Å²) < 4.78 is 24.2. The monoisotopic (exact) mass is 342 g/mol. The van der Waals surface area contributed by atoms with Crippen LogP contribution in [-0.2, 0) is 16.0 Å². The van der Waals surface area contributed by atoms with Gasteiger partial charge in [0.15, 0.2) is 0 Å². The van der Waals surface area contributed by atoms with Gasteiger partial charge in [-0.25, -0.2) is 4.39 Å². The average Bonchev–Trinajstić information content (AvgIpc) is 3.02. The number of thioether (sulfide) groups is 1. The average molecular weight is 343 g/mol. The molecule has 1 aliphatic heterocycles. The zero-order chi connectivity index (χ0) is 15.7. The normalized spacial score (nSPS) is 21.1. The van der Waals surface area contributed by atoms with E-state index in [0.717, 1.165) is 11.8 Å². The van der Waals surface area contributed by atoms with Crippen molar-refractivity contribution in [3.63, 3.8) is 0 Å². The largest absolute Gasteiger partial charge is 0.462 e. The first-order valence-corrected chi connectivity index (χ1v) is 7.91. The van der Waals surface area contributed by atoms with Gasteiger partial charge in [-0.2, -0.15) is 0 Å². The maximum atomic E-state index is 13.7. The van der Waals surface area contributed by atoms with Gasteiger partial charge in [-0.3, -0.25) is 4.79 Å². The SMILES string of the molecule is C[C@@H]1C[C@H](Sc2nnc(Cc3c(F)cccc3Cl)o2)C(=O)O1. The van der Waals surface area contributed by atoms with Crippen LogP contribution in [0.1, 0.15) is 24.8 Å². The van der Waals surface area contributed by atoms with Gasteiger partial charge in [0.05, 0.1) is 6.42 Å². The van der Waals surface area contributed by atoms with E-state index in [1.165, 1.54) is 12.1 Å². The van der Waals surface area contributed by atoms with Crippen molar-refractivity contribution in [3.05, 3.63) is 40.5 Å². The number of nitrogens with zero attached hydrogens (tertiary/aromatic N) is 2. The van der Waals surface area contributed by atoms with Crippen LogP contribution in [0.5, 0.6) is 0 Å². The first-order valence-electron chi connectivity index (χ1n) is 6.65. The van der Waals surface area contributed by atoms with E-state index in [1.807, 2.05) is 6.92 Å². The Balaban J connectivity index is 1.70. The van der Waals surface area contributed by atoms with Crippen LogP contribution in [0.4, 0.5) is 4.39 Å². The molecule has 1 fully saturated rings. The number of esters is 1.